The number of carbonyl (C=O) groups is 2. The normalized spacial score (nSPS) is 15.0. The predicted octanol–water partition coefficient (Wildman–Crippen LogP) is 2.58. The van der Waals surface area contributed by atoms with E-state index in [1.807, 2.05) is 11.9 Å². The van der Waals surface area contributed by atoms with E-state index in [1.54, 1.807) is 0 Å². The molecule has 1 aliphatic rings. The molecule has 1 saturated heterocycles. The Kier molecular flexibility index (Phi) is 7.67. The van der Waals surface area contributed by atoms with Gasteiger partial charge in [0.15, 0.2) is 15.9 Å². The predicted molar refractivity (Wildman–Crippen MR) is 129 cm³/mol. The molecule has 0 atom stereocenters. The number of carbonyl (C=O) groups excluding carboxylic acids is 2. The molecule has 2 amide bonds. The molecule has 36 heavy (non-hydrogen) atoms. The number of ether oxygens (including phenoxy) is 1. The average Bonchev–Trinajstić information content (AvgIpc) is 3.44. The maximum atomic E-state index is 12.9. The van der Waals surface area contributed by atoms with E-state index in [4.69, 9.17) is 5.73 Å². The molecule has 1 aliphatic heterocycles. The number of nitrogens with zero attached hydrogens (tertiary/aromatic N) is 5. The van der Waals surface area contributed by atoms with Crippen molar-refractivity contribution in [1.82, 2.24) is 25.0 Å². The topological polar surface area (TPSA) is 139 Å². The van der Waals surface area contributed by atoms with Gasteiger partial charge in [-0.2, -0.15) is 0 Å². The Bertz CT molecular complexity index is 1240. The molecule has 3 heterocycles. The van der Waals surface area contributed by atoms with Crippen LogP contribution in [0.5, 0.6) is 5.75 Å². The lowest BCUT2D eigenvalue weighted by molar-refractivity contribution is -0.274. The van der Waals surface area contributed by atoms with E-state index >= 15 is 0 Å². The molecule has 0 unspecified atom stereocenters. The molecular formula is C20H21F3N8O3S2. The van der Waals surface area contributed by atoms with Crippen LogP contribution >= 0.6 is 22.7 Å². The molecule has 0 bridgehead atoms. The lowest BCUT2D eigenvalue weighted by Gasteiger charge is -2.31. The van der Waals surface area contributed by atoms with E-state index in [9.17, 15) is 22.8 Å². The molecule has 4 N–H and O–H groups in total. The van der Waals surface area contributed by atoms with Crippen LogP contribution in [0.1, 0.15) is 10.4 Å². The maximum absolute atomic E-state index is 12.9. The van der Waals surface area contributed by atoms with Crippen molar-refractivity contribution in [1.29, 1.82) is 0 Å². The van der Waals surface area contributed by atoms with Crippen LogP contribution < -0.4 is 21.1 Å². The summed E-state index contributed by atoms with van der Waals surface area (Å²) in [6.45, 7) is 2.84. The fourth-order valence-electron chi connectivity index (χ4n) is 3.31. The Balaban J connectivity index is 1.48. The van der Waals surface area contributed by atoms with E-state index in [-0.39, 0.29) is 22.9 Å². The Hall–Kier alpha value is -3.34. The molecular weight excluding hydrogens is 521 g/mol. The third-order valence-electron chi connectivity index (χ3n) is 5.08. The molecule has 0 spiro atoms. The first-order valence-corrected chi connectivity index (χ1v) is 12.2. The summed E-state index contributed by atoms with van der Waals surface area (Å²) in [5.74, 6) is -1.82. The minimum atomic E-state index is -4.98. The number of nitrogens with one attached hydrogen (secondary N) is 2. The van der Waals surface area contributed by atoms with E-state index in [0.717, 1.165) is 42.6 Å². The zero-order valence-electron chi connectivity index (χ0n) is 18.8. The number of amides is 2. The first kappa shape index (κ1) is 25.7. The number of aromatic nitrogens is 3. The molecule has 0 radical (unpaired) electrons. The summed E-state index contributed by atoms with van der Waals surface area (Å²) in [6, 6.07) is 3.24. The number of likely N-dealkylation sites (N-methyl/N-ethyl adjacent to an activating group) is 1. The Labute approximate surface area is 211 Å². The third kappa shape index (κ3) is 6.87. The number of alkyl halides is 3. The van der Waals surface area contributed by atoms with E-state index in [1.165, 1.54) is 17.5 Å². The van der Waals surface area contributed by atoms with Gasteiger partial charge in [-0.3, -0.25) is 19.8 Å². The number of hydrogen-bond donors (Lipinski definition) is 3. The molecule has 1 aromatic carbocycles. The largest absolute Gasteiger partial charge is 0.573 e. The lowest BCUT2D eigenvalue weighted by atomic mass is 10.1. The van der Waals surface area contributed by atoms with Crippen molar-refractivity contribution in [2.75, 3.05) is 56.1 Å². The Morgan fingerprint density at radius 2 is 1.89 bits per heavy atom. The number of halogens is 3. The Morgan fingerprint density at radius 1 is 1.14 bits per heavy atom. The van der Waals surface area contributed by atoms with Gasteiger partial charge in [-0.05, 0) is 25.2 Å². The molecule has 4 rings (SSSR count). The molecule has 0 aliphatic carbocycles. The van der Waals surface area contributed by atoms with Crippen molar-refractivity contribution in [2.45, 2.75) is 6.36 Å². The van der Waals surface area contributed by atoms with Crippen molar-refractivity contribution in [3.8, 4) is 15.6 Å². The highest BCUT2D eigenvalue weighted by Crippen LogP contribution is 2.33. The molecule has 0 saturated carbocycles. The maximum Gasteiger partial charge on any atom is 0.573 e. The molecule has 16 heteroatoms. The van der Waals surface area contributed by atoms with Crippen molar-refractivity contribution in [2.24, 2.45) is 0 Å². The van der Waals surface area contributed by atoms with Gasteiger partial charge < -0.3 is 20.7 Å². The van der Waals surface area contributed by atoms with Crippen LogP contribution in [-0.4, -0.2) is 82.9 Å². The summed E-state index contributed by atoms with van der Waals surface area (Å²) in [5.41, 5.74) is 5.32. The van der Waals surface area contributed by atoms with E-state index in [0.29, 0.717) is 28.1 Å². The van der Waals surface area contributed by atoms with Gasteiger partial charge in [-0.1, -0.05) is 22.7 Å². The van der Waals surface area contributed by atoms with E-state index in [2.05, 4.69) is 35.5 Å². The number of anilines is 3. The van der Waals surface area contributed by atoms with Crippen molar-refractivity contribution < 1.29 is 27.5 Å². The SMILES string of the molecule is CN1CCN(CC(=O)Nc2cc(C(=O)Nc3nnc(-c4cnc(N)s4)s3)ccc2OC(F)(F)F)CC1. The molecule has 2 aromatic heterocycles. The number of rotatable bonds is 7. The number of hydrogen-bond acceptors (Lipinski definition) is 11. The second-order valence-electron chi connectivity index (χ2n) is 7.82. The fourth-order valence-corrected chi connectivity index (χ4v) is 4.77. The zero-order chi connectivity index (χ0) is 25.9. The minimum absolute atomic E-state index is 0.00856. The number of piperazine rings is 1. The van der Waals surface area contributed by atoms with Crippen LogP contribution in [0.25, 0.3) is 9.88 Å². The van der Waals surface area contributed by atoms with Crippen LogP contribution in [0, 0.1) is 0 Å². The summed E-state index contributed by atoms with van der Waals surface area (Å²) in [4.78, 5) is 33.9. The van der Waals surface area contributed by atoms with Gasteiger partial charge >= 0.3 is 6.36 Å². The van der Waals surface area contributed by atoms with Crippen LogP contribution in [-0.2, 0) is 4.79 Å². The monoisotopic (exact) mass is 542 g/mol. The van der Waals surface area contributed by atoms with Crippen LogP contribution in [0.3, 0.4) is 0 Å². The van der Waals surface area contributed by atoms with Gasteiger partial charge in [0, 0.05) is 31.7 Å². The number of nitrogens with two attached hydrogens (primary N) is 1. The fraction of sp³-hybridized carbons (Fsp3) is 0.350. The van der Waals surface area contributed by atoms with Crippen molar-refractivity contribution >= 4 is 50.4 Å². The standard InChI is InChI=1S/C20H21F3N8O3S2/c1-30-4-6-31(7-5-30)10-15(32)26-12-8-11(2-3-13(12)34-20(21,22)23)16(33)27-19-29-28-17(36-19)14-9-25-18(24)35-14/h2-3,8-9H,4-7,10H2,1H3,(H2,24,25)(H,26,32)(H,27,29,33). The summed E-state index contributed by atoms with van der Waals surface area (Å²) >= 11 is 2.28. The van der Waals surface area contributed by atoms with Gasteiger partial charge in [0.2, 0.25) is 11.0 Å². The lowest BCUT2D eigenvalue weighted by Crippen LogP contribution is -2.47. The zero-order valence-corrected chi connectivity index (χ0v) is 20.5. The van der Waals surface area contributed by atoms with Gasteiger partial charge in [0.25, 0.3) is 5.91 Å². The number of benzene rings is 1. The van der Waals surface area contributed by atoms with Gasteiger partial charge in [0.1, 0.15) is 0 Å². The highest BCUT2D eigenvalue weighted by molar-refractivity contribution is 7.25. The van der Waals surface area contributed by atoms with Gasteiger partial charge in [-0.15, -0.1) is 23.4 Å². The highest BCUT2D eigenvalue weighted by atomic mass is 32.1. The summed E-state index contributed by atoms with van der Waals surface area (Å²) in [7, 11) is 1.96. The third-order valence-corrected chi connectivity index (χ3v) is 6.92. The number of nitrogen functional groups attached to an aromatic ring is 1. The molecule has 1 fully saturated rings. The van der Waals surface area contributed by atoms with Crippen LogP contribution in [0.15, 0.2) is 24.4 Å². The number of thiazole rings is 1. The van der Waals surface area contributed by atoms with Crippen LogP contribution in [0.2, 0.25) is 0 Å². The summed E-state index contributed by atoms with van der Waals surface area (Å²) < 4.78 is 42.8. The first-order valence-electron chi connectivity index (χ1n) is 10.5. The van der Waals surface area contributed by atoms with Crippen molar-refractivity contribution in [3.05, 3.63) is 30.0 Å². The molecule has 11 nitrogen and oxygen atoms in total. The first-order chi connectivity index (χ1) is 17.1. The summed E-state index contributed by atoms with van der Waals surface area (Å²) in [6.07, 6.45) is -3.45. The quantitative estimate of drug-likeness (QED) is 0.411. The highest BCUT2D eigenvalue weighted by Gasteiger charge is 2.33. The van der Waals surface area contributed by atoms with Gasteiger partial charge in [-0.25, -0.2) is 4.98 Å². The second-order valence-corrected chi connectivity index (χ2v) is 9.86. The smallest absolute Gasteiger partial charge is 0.404 e. The minimum Gasteiger partial charge on any atom is -0.404 e. The Morgan fingerprint density at radius 3 is 2.56 bits per heavy atom. The molecule has 3 aromatic rings. The van der Waals surface area contributed by atoms with Crippen LogP contribution in [0.4, 0.5) is 29.1 Å². The van der Waals surface area contributed by atoms with E-state index < -0.39 is 23.9 Å². The average molecular weight is 543 g/mol. The van der Waals surface area contributed by atoms with Gasteiger partial charge in [0.05, 0.1) is 23.3 Å². The summed E-state index contributed by atoms with van der Waals surface area (Å²) in [5, 5.41) is 13.9. The second kappa shape index (κ2) is 10.7. The van der Waals surface area contributed by atoms with Crippen molar-refractivity contribution in [3.63, 3.8) is 0 Å². The molecule has 192 valence electrons.